The van der Waals surface area contributed by atoms with Gasteiger partial charge in [-0.05, 0) is 26.0 Å². The molecule has 0 saturated carbocycles. The highest BCUT2D eigenvalue weighted by molar-refractivity contribution is 5.71. The van der Waals surface area contributed by atoms with Crippen LogP contribution in [-0.2, 0) is 19.1 Å². The minimum atomic E-state index is -0.255. The van der Waals surface area contributed by atoms with Gasteiger partial charge >= 0.3 is 11.9 Å². The molecule has 116 valence electrons. The molecule has 6 heteroatoms. The highest BCUT2D eigenvalue weighted by Crippen LogP contribution is 2.11. The molecule has 0 aliphatic rings. The van der Waals surface area contributed by atoms with E-state index in [0.29, 0.717) is 26.3 Å². The SMILES string of the molecule is CCOC(=O)CCN(CCC(=O)OCC)c1ccccn1. The lowest BCUT2D eigenvalue weighted by atomic mass is 10.3. The van der Waals surface area contributed by atoms with E-state index in [1.165, 1.54) is 0 Å². The molecule has 0 atom stereocenters. The quantitative estimate of drug-likeness (QED) is 0.647. The van der Waals surface area contributed by atoms with Gasteiger partial charge in [-0.1, -0.05) is 6.07 Å². The van der Waals surface area contributed by atoms with Gasteiger partial charge in [0.15, 0.2) is 0 Å². The van der Waals surface area contributed by atoms with E-state index in [2.05, 4.69) is 4.98 Å². The minimum absolute atomic E-state index is 0.255. The molecule has 0 aliphatic carbocycles. The molecule has 0 spiro atoms. The van der Waals surface area contributed by atoms with Crippen LogP contribution < -0.4 is 4.90 Å². The Bertz CT molecular complexity index is 415. The number of esters is 2. The number of pyridine rings is 1. The van der Waals surface area contributed by atoms with E-state index < -0.39 is 0 Å². The van der Waals surface area contributed by atoms with Crippen molar-refractivity contribution in [1.82, 2.24) is 4.98 Å². The molecule has 0 aliphatic heterocycles. The molecule has 0 N–H and O–H groups in total. The first kappa shape index (κ1) is 16.9. The maximum absolute atomic E-state index is 11.5. The van der Waals surface area contributed by atoms with Crippen molar-refractivity contribution in [2.24, 2.45) is 0 Å². The second-order valence-electron chi connectivity index (χ2n) is 4.29. The first-order chi connectivity index (χ1) is 10.2. The molecular weight excluding hydrogens is 272 g/mol. The molecule has 0 aromatic carbocycles. The number of ether oxygens (including phenoxy) is 2. The summed E-state index contributed by atoms with van der Waals surface area (Å²) in [5.41, 5.74) is 0. The predicted octanol–water partition coefficient (Wildman–Crippen LogP) is 1.79. The molecule has 21 heavy (non-hydrogen) atoms. The molecule has 1 aromatic rings. The number of aromatic nitrogens is 1. The van der Waals surface area contributed by atoms with Crippen molar-refractivity contribution in [1.29, 1.82) is 0 Å². The largest absolute Gasteiger partial charge is 0.466 e. The van der Waals surface area contributed by atoms with Gasteiger partial charge in [-0.2, -0.15) is 0 Å². The molecule has 0 unspecified atom stereocenters. The molecule has 1 aromatic heterocycles. The third-order valence-electron chi connectivity index (χ3n) is 2.76. The van der Waals surface area contributed by atoms with Crippen molar-refractivity contribution in [3.05, 3.63) is 24.4 Å². The van der Waals surface area contributed by atoms with E-state index >= 15 is 0 Å². The Morgan fingerprint density at radius 2 is 1.62 bits per heavy atom. The summed E-state index contributed by atoms with van der Waals surface area (Å²) in [5, 5.41) is 0. The number of nitrogens with zero attached hydrogens (tertiary/aromatic N) is 2. The highest BCUT2D eigenvalue weighted by atomic mass is 16.5. The first-order valence-electron chi connectivity index (χ1n) is 7.14. The molecule has 1 heterocycles. The van der Waals surface area contributed by atoms with Gasteiger partial charge in [-0.3, -0.25) is 9.59 Å². The monoisotopic (exact) mass is 294 g/mol. The Labute approximate surface area is 125 Å². The van der Waals surface area contributed by atoms with E-state index in [0.717, 1.165) is 5.82 Å². The second kappa shape index (κ2) is 9.74. The van der Waals surface area contributed by atoms with E-state index in [-0.39, 0.29) is 24.8 Å². The number of carbonyl (C=O) groups excluding carboxylic acids is 2. The predicted molar refractivity (Wildman–Crippen MR) is 79.0 cm³/mol. The lowest BCUT2D eigenvalue weighted by Gasteiger charge is -2.22. The van der Waals surface area contributed by atoms with Crippen LogP contribution in [0.5, 0.6) is 0 Å². The van der Waals surface area contributed by atoms with Gasteiger partial charge in [0.1, 0.15) is 5.82 Å². The van der Waals surface area contributed by atoms with Crippen molar-refractivity contribution in [2.45, 2.75) is 26.7 Å². The molecule has 0 radical (unpaired) electrons. The van der Waals surface area contributed by atoms with Crippen LogP contribution in [0.2, 0.25) is 0 Å². The summed E-state index contributed by atoms with van der Waals surface area (Å²) in [7, 11) is 0. The van der Waals surface area contributed by atoms with Crippen LogP contribution in [0.3, 0.4) is 0 Å². The maximum atomic E-state index is 11.5. The molecule has 0 saturated heterocycles. The van der Waals surface area contributed by atoms with Crippen LogP contribution in [0.15, 0.2) is 24.4 Å². The van der Waals surface area contributed by atoms with Gasteiger partial charge in [0.25, 0.3) is 0 Å². The molecule has 0 fully saturated rings. The molecule has 0 amide bonds. The van der Waals surface area contributed by atoms with Crippen LogP contribution in [0, 0.1) is 0 Å². The lowest BCUT2D eigenvalue weighted by molar-refractivity contribution is -0.143. The number of hydrogen-bond donors (Lipinski definition) is 0. The first-order valence-corrected chi connectivity index (χ1v) is 7.14. The number of carbonyl (C=O) groups is 2. The lowest BCUT2D eigenvalue weighted by Crippen LogP contribution is -2.30. The zero-order valence-electron chi connectivity index (χ0n) is 12.6. The molecule has 1 rings (SSSR count). The smallest absolute Gasteiger partial charge is 0.307 e. The minimum Gasteiger partial charge on any atom is -0.466 e. The van der Waals surface area contributed by atoms with Crippen LogP contribution in [0.25, 0.3) is 0 Å². The summed E-state index contributed by atoms with van der Waals surface area (Å²) in [5.74, 6) is 0.218. The van der Waals surface area contributed by atoms with Crippen LogP contribution in [-0.4, -0.2) is 43.2 Å². The van der Waals surface area contributed by atoms with Gasteiger partial charge < -0.3 is 14.4 Å². The Kier molecular flexibility index (Phi) is 7.86. The van der Waals surface area contributed by atoms with Gasteiger partial charge in [0.2, 0.25) is 0 Å². The standard InChI is InChI=1S/C15H22N2O4/c1-3-20-14(18)8-11-17(12-9-15(19)21-4-2)13-7-5-6-10-16-13/h5-7,10H,3-4,8-9,11-12H2,1-2H3. The van der Waals surface area contributed by atoms with E-state index in [1.807, 2.05) is 23.1 Å². The average Bonchev–Trinajstić information content (AvgIpc) is 2.49. The highest BCUT2D eigenvalue weighted by Gasteiger charge is 2.13. The zero-order chi connectivity index (χ0) is 15.5. The maximum Gasteiger partial charge on any atom is 0.307 e. The Morgan fingerprint density at radius 1 is 1.05 bits per heavy atom. The van der Waals surface area contributed by atoms with Gasteiger partial charge in [-0.25, -0.2) is 4.98 Å². The summed E-state index contributed by atoms with van der Waals surface area (Å²) in [6.45, 7) is 5.19. The Hall–Kier alpha value is -2.11. The van der Waals surface area contributed by atoms with Gasteiger partial charge in [0, 0.05) is 19.3 Å². The third-order valence-corrected chi connectivity index (χ3v) is 2.76. The van der Waals surface area contributed by atoms with E-state index in [9.17, 15) is 9.59 Å². The van der Waals surface area contributed by atoms with Crippen molar-refractivity contribution in [3.63, 3.8) is 0 Å². The van der Waals surface area contributed by atoms with Crippen molar-refractivity contribution in [2.75, 3.05) is 31.2 Å². The van der Waals surface area contributed by atoms with Crippen LogP contribution in [0.4, 0.5) is 5.82 Å². The summed E-state index contributed by atoms with van der Waals surface area (Å²) in [6.07, 6.45) is 2.19. The number of anilines is 1. The fourth-order valence-corrected chi connectivity index (χ4v) is 1.80. The summed E-state index contributed by atoms with van der Waals surface area (Å²) in [6, 6.07) is 5.53. The van der Waals surface area contributed by atoms with E-state index in [4.69, 9.17) is 9.47 Å². The second-order valence-corrected chi connectivity index (χ2v) is 4.29. The number of hydrogen-bond acceptors (Lipinski definition) is 6. The molecule has 0 bridgehead atoms. The fraction of sp³-hybridized carbons (Fsp3) is 0.533. The fourth-order valence-electron chi connectivity index (χ4n) is 1.80. The van der Waals surface area contributed by atoms with Gasteiger partial charge in [0.05, 0.1) is 26.1 Å². The van der Waals surface area contributed by atoms with Crippen molar-refractivity contribution < 1.29 is 19.1 Å². The summed E-state index contributed by atoms with van der Waals surface area (Å²) < 4.78 is 9.83. The van der Waals surface area contributed by atoms with Crippen molar-refractivity contribution in [3.8, 4) is 0 Å². The summed E-state index contributed by atoms with van der Waals surface area (Å²) >= 11 is 0. The van der Waals surface area contributed by atoms with Crippen LogP contribution >= 0.6 is 0 Å². The van der Waals surface area contributed by atoms with Crippen LogP contribution in [0.1, 0.15) is 26.7 Å². The normalized spacial score (nSPS) is 10.0. The van der Waals surface area contributed by atoms with E-state index in [1.54, 1.807) is 20.0 Å². The average molecular weight is 294 g/mol. The topological polar surface area (TPSA) is 68.7 Å². The Balaban J connectivity index is 2.58. The molecule has 6 nitrogen and oxygen atoms in total. The van der Waals surface area contributed by atoms with Crippen molar-refractivity contribution >= 4 is 17.8 Å². The molecular formula is C15H22N2O4. The zero-order valence-corrected chi connectivity index (χ0v) is 12.6. The summed E-state index contributed by atoms with van der Waals surface area (Å²) in [4.78, 5) is 29.0. The Morgan fingerprint density at radius 3 is 2.05 bits per heavy atom. The third kappa shape index (κ3) is 6.74. The number of rotatable bonds is 9. The van der Waals surface area contributed by atoms with Gasteiger partial charge in [-0.15, -0.1) is 0 Å².